The summed E-state index contributed by atoms with van der Waals surface area (Å²) < 4.78 is 31.9. The molecule has 0 amide bonds. The van der Waals surface area contributed by atoms with E-state index in [4.69, 9.17) is 4.74 Å². The van der Waals surface area contributed by atoms with Crippen molar-refractivity contribution in [2.75, 3.05) is 20.2 Å². The third-order valence-electron chi connectivity index (χ3n) is 3.24. The SMILES string of the molecule is COc1c(F)ccc(CC2CCCNC2)c1F. The highest BCUT2D eigenvalue weighted by Gasteiger charge is 2.19. The van der Waals surface area contributed by atoms with Gasteiger partial charge in [-0.05, 0) is 49.9 Å². The molecule has 0 radical (unpaired) electrons. The number of nitrogens with one attached hydrogen (secondary N) is 1. The molecule has 17 heavy (non-hydrogen) atoms. The Hall–Kier alpha value is -1.16. The van der Waals surface area contributed by atoms with Gasteiger partial charge in [0.2, 0.25) is 0 Å². The van der Waals surface area contributed by atoms with Crippen LogP contribution in [-0.4, -0.2) is 20.2 Å². The summed E-state index contributed by atoms with van der Waals surface area (Å²) in [5.41, 5.74) is 0.539. The quantitative estimate of drug-likeness (QED) is 0.878. The summed E-state index contributed by atoms with van der Waals surface area (Å²) in [6.45, 7) is 1.94. The van der Waals surface area contributed by atoms with Gasteiger partial charge in [-0.3, -0.25) is 0 Å². The van der Waals surface area contributed by atoms with Crippen LogP contribution >= 0.6 is 0 Å². The molecule has 1 heterocycles. The number of benzene rings is 1. The molecule has 1 saturated heterocycles. The van der Waals surface area contributed by atoms with E-state index in [-0.39, 0.29) is 5.75 Å². The predicted octanol–water partition coefficient (Wildman–Crippen LogP) is 2.52. The fourth-order valence-electron chi connectivity index (χ4n) is 2.33. The van der Waals surface area contributed by atoms with Crippen molar-refractivity contribution in [3.8, 4) is 5.75 Å². The lowest BCUT2D eigenvalue weighted by atomic mass is 9.92. The first-order chi connectivity index (χ1) is 8.22. The standard InChI is InChI=1S/C13H17F2NO/c1-17-13-11(14)5-4-10(12(13)15)7-9-3-2-6-16-8-9/h4-5,9,16H,2-3,6-8H2,1H3. The van der Waals surface area contributed by atoms with Crippen LogP contribution in [0.3, 0.4) is 0 Å². The van der Waals surface area contributed by atoms with Crippen molar-refractivity contribution in [1.82, 2.24) is 5.32 Å². The van der Waals surface area contributed by atoms with E-state index in [0.717, 1.165) is 25.9 Å². The molecule has 1 atom stereocenters. The third-order valence-corrected chi connectivity index (χ3v) is 3.24. The largest absolute Gasteiger partial charge is 0.491 e. The fraction of sp³-hybridized carbons (Fsp3) is 0.538. The molecule has 0 bridgehead atoms. The van der Waals surface area contributed by atoms with Gasteiger partial charge in [0.1, 0.15) is 0 Å². The molecular formula is C13H17F2NO. The Bertz CT molecular complexity index is 389. The average Bonchev–Trinajstić information content (AvgIpc) is 2.35. The molecule has 1 fully saturated rings. The number of rotatable bonds is 3. The minimum atomic E-state index is -0.643. The first-order valence-electron chi connectivity index (χ1n) is 5.94. The first-order valence-corrected chi connectivity index (χ1v) is 5.94. The minimum absolute atomic E-state index is 0.272. The maximum absolute atomic E-state index is 13.9. The minimum Gasteiger partial charge on any atom is -0.491 e. The molecule has 0 spiro atoms. The Morgan fingerprint density at radius 3 is 2.88 bits per heavy atom. The lowest BCUT2D eigenvalue weighted by molar-refractivity contribution is 0.347. The van der Waals surface area contributed by atoms with Crippen molar-refractivity contribution >= 4 is 0 Å². The van der Waals surface area contributed by atoms with Crippen LogP contribution in [0.15, 0.2) is 12.1 Å². The molecule has 0 aromatic heterocycles. The number of hydrogen-bond acceptors (Lipinski definition) is 2. The highest BCUT2D eigenvalue weighted by molar-refractivity contribution is 5.33. The summed E-state index contributed by atoms with van der Waals surface area (Å²) in [7, 11) is 1.29. The molecule has 1 unspecified atom stereocenters. The van der Waals surface area contributed by atoms with Gasteiger partial charge in [0.15, 0.2) is 17.4 Å². The van der Waals surface area contributed by atoms with Gasteiger partial charge in [-0.1, -0.05) is 6.07 Å². The van der Waals surface area contributed by atoms with Crippen LogP contribution in [0.5, 0.6) is 5.75 Å². The molecule has 0 aliphatic carbocycles. The second-order valence-electron chi connectivity index (χ2n) is 4.47. The molecule has 2 rings (SSSR count). The topological polar surface area (TPSA) is 21.3 Å². The Balaban J connectivity index is 2.15. The summed E-state index contributed by atoms with van der Waals surface area (Å²) in [6.07, 6.45) is 2.84. The smallest absolute Gasteiger partial charge is 0.190 e. The van der Waals surface area contributed by atoms with Gasteiger partial charge in [-0.2, -0.15) is 0 Å². The van der Waals surface area contributed by atoms with Gasteiger partial charge in [0.05, 0.1) is 7.11 Å². The van der Waals surface area contributed by atoms with E-state index >= 15 is 0 Å². The van der Waals surface area contributed by atoms with Crippen LogP contribution < -0.4 is 10.1 Å². The van der Waals surface area contributed by atoms with E-state index in [9.17, 15) is 8.78 Å². The molecule has 1 aliphatic rings. The molecule has 4 heteroatoms. The number of halogens is 2. The van der Waals surface area contributed by atoms with E-state index in [1.54, 1.807) is 0 Å². The van der Waals surface area contributed by atoms with Crippen molar-refractivity contribution in [3.05, 3.63) is 29.3 Å². The van der Waals surface area contributed by atoms with Crippen molar-refractivity contribution in [2.24, 2.45) is 5.92 Å². The molecule has 94 valence electrons. The molecule has 2 nitrogen and oxygen atoms in total. The van der Waals surface area contributed by atoms with Gasteiger partial charge in [0, 0.05) is 0 Å². The summed E-state index contributed by atoms with van der Waals surface area (Å²) in [5, 5.41) is 3.29. The van der Waals surface area contributed by atoms with Gasteiger partial charge in [-0.15, -0.1) is 0 Å². The van der Waals surface area contributed by atoms with Crippen LogP contribution in [0.1, 0.15) is 18.4 Å². The Labute approximate surface area is 100.0 Å². The van der Waals surface area contributed by atoms with Crippen LogP contribution in [0.4, 0.5) is 8.78 Å². The summed E-state index contributed by atoms with van der Waals surface area (Å²) >= 11 is 0. The van der Waals surface area contributed by atoms with Crippen molar-refractivity contribution in [1.29, 1.82) is 0 Å². The van der Waals surface area contributed by atoms with E-state index < -0.39 is 11.6 Å². The summed E-state index contributed by atoms with van der Waals surface area (Å²) in [4.78, 5) is 0. The number of hydrogen-bond donors (Lipinski definition) is 1. The Morgan fingerprint density at radius 1 is 1.41 bits per heavy atom. The van der Waals surface area contributed by atoms with E-state index in [1.807, 2.05) is 0 Å². The van der Waals surface area contributed by atoms with Gasteiger partial charge in [-0.25, -0.2) is 8.78 Å². The van der Waals surface area contributed by atoms with Gasteiger partial charge in [0.25, 0.3) is 0 Å². The zero-order valence-corrected chi connectivity index (χ0v) is 9.93. The van der Waals surface area contributed by atoms with E-state index in [2.05, 4.69) is 5.32 Å². The van der Waals surface area contributed by atoms with Crippen molar-refractivity contribution in [2.45, 2.75) is 19.3 Å². The highest BCUT2D eigenvalue weighted by Crippen LogP contribution is 2.27. The zero-order valence-electron chi connectivity index (χ0n) is 9.93. The zero-order chi connectivity index (χ0) is 12.3. The molecule has 0 saturated carbocycles. The van der Waals surface area contributed by atoms with Crippen LogP contribution in [0, 0.1) is 17.6 Å². The lowest BCUT2D eigenvalue weighted by Gasteiger charge is -2.23. The van der Waals surface area contributed by atoms with Crippen LogP contribution in [-0.2, 0) is 6.42 Å². The second-order valence-corrected chi connectivity index (χ2v) is 4.47. The second kappa shape index (κ2) is 5.45. The van der Waals surface area contributed by atoms with E-state index in [0.29, 0.717) is 17.9 Å². The fourth-order valence-corrected chi connectivity index (χ4v) is 2.33. The van der Waals surface area contributed by atoms with Gasteiger partial charge < -0.3 is 10.1 Å². The lowest BCUT2D eigenvalue weighted by Crippen LogP contribution is -2.31. The first kappa shape index (κ1) is 12.3. The number of piperidine rings is 1. The van der Waals surface area contributed by atoms with E-state index in [1.165, 1.54) is 19.2 Å². The monoisotopic (exact) mass is 241 g/mol. The predicted molar refractivity (Wildman–Crippen MR) is 62.2 cm³/mol. The highest BCUT2D eigenvalue weighted by atomic mass is 19.1. The molecule has 1 aliphatic heterocycles. The summed E-state index contributed by atoms with van der Waals surface area (Å²) in [6, 6.07) is 2.79. The average molecular weight is 241 g/mol. The maximum atomic E-state index is 13.9. The van der Waals surface area contributed by atoms with Gasteiger partial charge >= 0.3 is 0 Å². The van der Waals surface area contributed by atoms with Crippen molar-refractivity contribution < 1.29 is 13.5 Å². The molecule has 1 aromatic carbocycles. The summed E-state index contributed by atoms with van der Waals surface area (Å²) in [5.74, 6) is -1.05. The molecule has 1 N–H and O–H groups in total. The number of ether oxygens (including phenoxy) is 1. The third kappa shape index (κ3) is 2.75. The molecular weight excluding hydrogens is 224 g/mol. The normalized spacial score (nSPS) is 20.3. The molecule has 1 aromatic rings. The Morgan fingerprint density at radius 2 is 2.24 bits per heavy atom. The van der Waals surface area contributed by atoms with Crippen molar-refractivity contribution in [3.63, 3.8) is 0 Å². The Kier molecular flexibility index (Phi) is 3.94. The maximum Gasteiger partial charge on any atom is 0.190 e. The van der Waals surface area contributed by atoms with Crippen LogP contribution in [0.2, 0.25) is 0 Å². The number of methoxy groups -OCH3 is 1. The van der Waals surface area contributed by atoms with Crippen LogP contribution in [0.25, 0.3) is 0 Å².